The van der Waals surface area contributed by atoms with E-state index < -0.39 is 0 Å². The Morgan fingerprint density at radius 1 is 1.22 bits per heavy atom. The number of carbonyl (C=O) groups is 1. The number of hydrogen-bond donors (Lipinski definition) is 2. The highest BCUT2D eigenvalue weighted by Gasteiger charge is 2.25. The molecule has 2 N–H and O–H groups in total. The number of nitrogens with zero attached hydrogens (tertiary/aromatic N) is 3. The summed E-state index contributed by atoms with van der Waals surface area (Å²) in [5.74, 6) is 0. The smallest absolute Gasteiger partial charge is 0.317 e. The van der Waals surface area contributed by atoms with Gasteiger partial charge in [0.2, 0.25) is 0 Å². The molecular weight excluding hydrogens is 342 g/mol. The fourth-order valence-corrected chi connectivity index (χ4v) is 3.37. The Bertz CT molecular complexity index is 1020. The van der Waals surface area contributed by atoms with Gasteiger partial charge in [-0.15, -0.1) is 0 Å². The number of H-pyrrole nitrogens is 1. The molecule has 0 aliphatic carbocycles. The zero-order valence-electron chi connectivity index (χ0n) is 15.1. The number of aromatic amines is 1. The van der Waals surface area contributed by atoms with Gasteiger partial charge in [-0.25, -0.2) is 4.79 Å². The minimum Gasteiger partial charge on any atom is -0.334 e. The third kappa shape index (κ3) is 3.36. The number of aryl methyl sites for hydroxylation is 1. The van der Waals surface area contributed by atoms with Gasteiger partial charge in [0.05, 0.1) is 12.2 Å². The van der Waals surface area contributed by atoms with Crippen LogP contribution in [-0.2, 0) is 26.6 Å². The molecule has 7 nitrogen and oxygen atoms in total. The molecule has 0 saturated carbocycles. The van der Waals surface area contributed by atoms with E-state index in [2.05, 4.69) is 15.5 Å². The van der Waals surface area contributed by atoms with Crippen molar-refractivity contribution < 1.29 is 4.79 Å². The molecule has 7 heteroatoms. The monoisotopic (exact) mass is 363 g/mol. The third-order valence-electron chi connectivity index (χ3n) is 4.90. The summed E-state index contributed by atoms with van der Waals surface area (Å²) in [5.41, 5.74) is 4.53. The van der Waals surface area contributed by atoms with Gasteiger partial charge in [0, 0.05) is 55.1 Å². The molecule has 0 radical (unpaired) electrons. The number of rotatable bonds is 3. The molecule has 1 aliphatic rings. The van der Waals surface area contributed by atoms with Crippen molar-refractivity contribution in [2.75, 3.05) is 6.54 Å². The lowest BCUT2D eigenvalue weighted by atomic mass is 10.0. The third-order valence-corrected chi connectivity index (χ3v) is 4.90. The normalized spacial score (nSPS) is 13.3. The second-order valence-electron chi connectivity index (χ2n) is 6.68. The molecule has 1 aliphatic heterocycles. The maximum Gasteiger partial charge on any atom is 0.317 e. The molecule has 0 fully saturated rings. The lowest BCUT2D eigenvalue weighted by molar-refractivity contribution is 0.192. The average molecular weight is 363 g/mol. The van der Waals surface area contributed by atoms with Crippen LogP contribution in [0.4, 0.5) is 4.79 Å². The van der Waals surface area contributed by atoms with E-state index in [-0.39, 0.29) is 18.1 Å². The first-order chi connectivity index (χ1) is 13.1. The van der Waals surface area contributed by atoms with Gasteiger partial charge >= 0.3 is 6.03 Å². The average Bonchev–Trinajstić information content (AvgIpc) is 3.13. The lowest BCUT2D eigenvalue weighted by Crippen LogP contribution is -2.43. The maximum atomic E-state index is 12.6. The van der Waals surface area contributed by atoms with E-state index in [0.717, 1.165) is 28.9 Å². The summed E-state index contributed by atoms with van der Waals surface area (Å²) in [4.78, 5) is 26.5. The Kier molecular flexibility index (Phi) is 4.50. The summed E-state index contributed by atoms with van der Waals surface area (Å²) < 4.78 is 1.51. The number of hydrogen-bond acceptors (Lipinski definition) is 3. The van der Waals surface area contributed by atoms with Crippen molar-refractivity contribution in [3.63, 3.8) is 0 Å². The summed E-state index contributed by atoms with van der Waals surface area (Å²) in [6, 6.07) is 13.3. The molecule has 3 heterocycles. The number of aromatic nitrogens is 3. The second kappa shape index (κ2) is 7.11. The van der Waals surface area contributed by atoms with Crippen LogP contribution in [0, 0.1) is 0 Å². The summed E-state index contributed by atoms with van der Waals surface area (Å²) in [5, 5.41) is 10.4. The van der Waals surface area contributed by atoms with Gasteiger partial charge in [0.25, 0.3) is 5.56 Å². The molecule has 0 spiro atoms. The lowest BCUT2D eigenvalue weighted by Gasteiger charge is -2.27. The zero-order valence-corrected chi connectivity index (χ0v) is 15.1. The van der Waals surface area contributed by atoms with Crippen LogP contribution in [-0.4, -0.2) is 32.2 Å². The molecule has 0 atom stereocenters. The van der Waals surface area contributed by atoms with Gasteiger partial charge in [-0.3, -0.25) is 9.89 Å². The summed E-state index contributed by atoms with van der Waals surface area (Å²) >= 11 is 0. The van der Waals surface area contributed by atoms with Crippen molar-refractivity contribution in [3.05, 3.63) is 75.8 Å². The van der Waals surface area contributed by atoms with Crippen LogP contribution in [0.3, 0.4) is 0 Å². The molecular formula is C20H21N5O2. The number of fused-ring (bicyclic) bond motifs is 1. The number of nitrogens with one attached hydrogen (secondary N) is 2. The fourth-order valence-electron chi connectivity index (χ4n) is 3.37. The number of amides is 2. The number of benzene rings is 1. The first kappa shape index (κ1) is 17.1. The first-order valence-electron chi connectivity index (χ1n) is 8.92. The van der Waals surface area contributed by atoms with Crippen LogP contribution in [0.1, 0.15) is 16.8 Å². The Balaban J connectivity index is 1.48. The topological polar surface area (TPSA) is 83.0 Å². The first-order valence-corrected chi connectivity index (χ1v) is 8.92. The van der Waals surface area contributed by atoms with Gasteiger partial charge in [0.15, 0.2) is 0 Å². The molecule has 27 heavy (non-hydrogen) atoms. The minimum atomic E-state index is -0.174. The molecule has 3 aromatic rings. The molecule has 1 aromatic carbocycles. The summed E-state index contributed by atoms with van der Waals surface area (Å²) in [6.07, 6.45) is 2.43. The number of pyridine rings is 1. The molecule has 0 saturated heterocycles. The van der Waals surface area contributed by atoms with E-state index in [1.165, 1.54) is 4.57 Å². The minimum absolute atomic E-state index is 0.0973. The summed E-state index contributed by atoms with van der Waals surface area (Å²) in [7, 11) is 1.70. The van der Waals surface area contributed by atoms with E-state index >= 15 is 0 Å². The predicted molar refractivity (Wildman–Crippen MR) is 102 cm³/mol. The Morgan fingerprint density at radius 2 is 2.04 bits per heavy atom. The SMILES string of the molecule is Cn1cccc(CNC(=O)N2CCc3[nH]nc(-c4ccccc4)c3C2)c1=O. The highest BCUT2D eigenvalue weighted by molar-refractivity contribution is 5.75. The van der Waals surface area contributed by atoms with E-state index in [9.17, 15) is 9.59 Å². The Labute approximate surface area is 156 Å². The van der Waals surface area contributed by atoms with Crippen molar-refractivity contribution in [3.8, 4) is 11.3 Å². The maximum absolute atomic E-state index is 12.6. The number of urea groups is 1. The molecule has 0 bridgehead atoms. The quantitative estimate of drug-likeness (QED) is 0.747. The highest BCUT2D eigenvalue weighted by atomic mass is 16.2. The van der Waals surface area contributed by atoms with Crippen molar-refractivity contribution in [1.82, 2.24) is 25.0 Å². The van der Waals surface area contributed by atoms with Crippen molar-refractivity contribution >= 4 is 6.03 Å². The van der Waals surface area contributed by atoms with Gasteiger partial charge in [-0.05, 0) is 6.07 Å². The van der Waals surface area contributed by atoms with Crippen molar-refractivity contribution in [2.45, 2.75) is 19.5 Å². The Hall–Kier alpha value is -3.35. The van der Waals surface area contributed by atoms with E-state index in [1.54, 1.807) is 30.3 Å². The molecule has 2 amide bonds. The van der Waals surface area contributed by atoms with Crippen LogP contribution in [0.25, 0.3) is 11.3 Å². The van der Waals surface area contributed by atoms with Crippen LogP contribution in [0.5, 0.6) is 0 Å². The van der Waals surface area contributed by atoms with Crippen molar-refractivity contribution in [1.29, 1.82) is 0 Å². The summed E-state index contributed by atoms with van der Waals surface area (Å²) in [6.45, 7) is 1.32. The van der Waals surface area contributed by atoms with E-state index in [0.29, 0.717) is 18.7 Å². The van der Waals surface area contributed by atoms with Gasteiger partial charge in [-0.1, -0.05) is 36.4 Å². The zero-order chi connectivity index (χ0) is 18.8. The number of carbonyl (C=O) groups excluding carboxylic acids is 1. The molecule has 0 unspecified atom stereocenters. The Morgan fingerprint density at radius 3 is 2.85 bits per heavy atom. The highest BCUT2D eigenvalue weighted by Crippen LogP contribution is 2.28. The standard InChI is InChI=1S/C20H21N5O2/c1-24-10-5-8-15(19(24)26)12-21-20(27)25-11-9-17-16(13-25)18(23-22-17)14-6-3-2-4-7-14/h2-8,10H,9,11-13H2,1H3,(H,21,27)(H,22,23). The predicted octanol–water partition coefficient (Wildman–Crippen LogP) is 2.04. The second-order valence-corrected chi connectivity index (χ2v) is 6.68. The van der Waals surface area contributed by atoms with Gasteiger partial charge in [0.1, 0.15) is 0 Å². The van der Waals surface area contributed by atoms with Crippen LogP contribution in [0.2, 0.25) is 0 Å². The molecule has 2 aromatic heterocycles. The van der Waals surface area contributed by atoms with Gasteiger partial charge in [-0.2, -0.15) is 5.10 Å². The van der Waals surface area contributed by atoms with Crippen LogP contribution in [0.15, 0.2) is 53.5 Å². The largest absolute Gasteiger partial charge is 0.334 e. The van der Waals surface area contributed by atoms with Crippen LogP contribution >= 0.6 is 0 Å². The van der Waals surface area contributed by atoms with E-state index in [1.807, 2.05) is 30.3 Å². The molecule has 4 rings (SSSR count). The molecule has 138 valence electrons. The van der Waals surface area contributed by atoms with E-state index in [4.69, 9.17) is 0 Å². The van der Waals surface area contributed by atoms with Crippen LogP contribution < -0.4 is 10.9 Å². The fraction of sp³-hybridized carbons (Fsp3) is 0.250. The van der Waals surface area contributed by atoms with Gasteiger partial charge < -0.3 is 14.8 Å². The van der Waals surface area contributed by atoms with Crippen molar-refractivity contribution in [2.24, 2.45) is 7.05 Å².